The van der Waals surface area contributed by atoms with Gasteiger partial charge in [0.2, 0.25) is 0 Å². The second kappa shape index (κ2) is 8.28. The number of benzene rings is 2. The van der Waals surface area contributed by atoms with Crippen molar-refractivity contribution in [3.05, 3.63) is 76.6 Å². The second-order valence-corrected chi connectivity index (χ2v) is 8.60. The van der Waals surface area contributed by atoms with Gasteiger partial charge in [0.15, 0.2) is 0 Å². The molecule has 1 aliphatic heterocycles. The summed E-state index contributed by atoms with van der Waals surface area (Å²) in [6.07, 6.45) is 0. The molecule has 158 valence electrons. The molecule has 2 aromatic carbocycles. The fourth-order valence-corrected chi connectivity index (χ4v) is 4.20. The number of hydrogen-bond donors (Lipinski definition) is 1. The van der Waals surface area contributed by atoms with Crippen molar-refractivity contribution in [3.8, 4) is 0 Å². The summed E-state index contributed by atoms with van der Waals surface area (Å²) in [7, 11) is 7.79. The van der Waals surface area contributed by atoms with Crippen LogP contribution in [-0.2, 0) is 9.59 Å². The molecule has 0 spiro atoms. The molecule has 0 radical (unpaired) electrons. The molecule has 7 heteroatoms. The van der Waals surface area contributed by atoms with Gasteiger partial charge in [-0.15, -0.1) is 11.3 Å². The number of amides is 2. The summed E-state index contributed by atoms with van der Waals surface area (Å²) in [5.41, 5.74) is 3.95. The number of thiophene rings is 1. The number of hydrogen-bond acceptors (Lipinski definition) is 6. The van der Waals surface area contributed by atoms with E-state index >= 15 is 0 Å². The van der Waals surface area contributed by atoms with Crippen LogP contribution in [0.5, 0.6) is 0 Å². The van der Waals surface area contributed by atoms with E-state index in [9.17, 15) is 9.59 Å². The number of anilines is 4. The van der Waals surface area contributed by atoms with Crippen molar-refractivity contribution < 1.29 is 9.59 Å². The van der Waals surface area contributed by atoms with Gasteiger partial charge < -0.3 is 15.1 Å². The van der Waals surface area contributed by atoms with Crippen LogP contribution in [0.4, 0.5) is 22.7 Å². The fourth-order valence-electron chi connectivity index (χ4n) is 3.43. The number of carbonyl (C=O) groups excluding carboxylic acids is 2. The molecule has 0 saturated carbocycles. The van der Waals surface area contributed by atoms with E-state index < -0.39 is 0 Å². The molecule has 0 aliphatic carbocycles. The monoisotopic (exact) mass is 432 g/mol. The van der Waals surface area contributed by atoms with E-state index in [0.717, 1.165) is 21.9 Å². The third kappa shape index (κ3) is 3.92. The maximum atomic E-state index is 13.5. The van der Waals surface area contributed by atoms with Crippen molar-refractivity contribution in [2.45, 2.75) is 0 Å². The lowest BCUT2D eigenvalue weighted by Crippen LogP contribution is -2.32. The maximum absolute atomic E-state index is 13.5. The highest BCUT2D eigenvalue weighted by Gasteiger charge is 2.40. The van der Waals surface area contributed by atoms with E-state index in [0.29, 0.717) is 17.0 Å². The molecule has 1 N–H and O–H groups in total. The molecule has 2 heterocycles. The van der Waals surface area contributed by atoms with Crippen molar-refractivity contribution >= 4 is 51.5 Å². The van der Waals surface area contributed by atoms with Crippen molar-refractivity contribution in [2.24, 2.45) is 0 Å². The Balaban J connectivity index is 1.74. The van der Waals surface area contributed by atoms with Crippen LogP contribution in [0, 0.1) is 0 Å². The van der Waals surface area contributed by atoms with E-state index in [1.165, 1.54) is 16.2 Å². The van der Waals surface area contributed by atoms with Crippen molar-refractivity contribution in [1.29, 1.82) is 0 Å². The lowest BCUT2D eigenvalue weighted by Gasteiger charge is -2.19. The Morgan fingerprint density at radius 2 is 1.52 bits per heavy atom. The predicted molar refractivity (Wildman–Crippen MR) is 129 cm³/mol. The smallest absolute Gasteiger partial charge is 0.282 e. The largest absolute Gasteiger partial charge is 0.378 e. The first-order chi connectivity index (χ1) is 14.9. The zero-order valence-corrected chi connectivity index (χ0v) is 18.7. The van der Waals surface area contributed by atoms with Crippen LogP contribution in [-0.4, -0.2) is 40.0 Å². The Morgan fingerprint density at radius 3 is 2.13 bits per heavy atom. The maximum Gasteiger partial charge on any atom is 0.282 e. The molecule has 1 aliphatic rings. The summed E-state index contributed by atoms with van der Waals surface area (Å²) in [6, 6.07) is 18.9. The molecule has 0 atom stereocenters. The predicted octanol–water partition coefficient (Wildman–Crippen LogP) is 4.28. The Hall–Kier alpha value is -3.58. The van der Waals surface area contributed by atoms with Crippen LogP contribution in [0.2, 0.25) is 0 Å². The highest BCUT2D eigenvalue weighted by atomic mass is 32.1. The third-order valence-corrected chi connectivity index (χ3v) is 6.00. The molecule has 1 aromatic heterocycles. The van der Waals surface area contributed by atoms with Crippen LogP contribution >= 0.6 is 11.3 Å². The lowest BCUT2D eigenvalue weighted by atomic mass is 10.1. The minimum absolute atomic E-state index is 0.292. The minimum atomic E-state index is -0.360. The zero-order valence-electron chi connectivity index (χ0n) is 17.9. The van der Waals surface area contributed by atoms with Crippen LogP contribution < -0.4 is 20.0 Å². The van der Waals surface area contributed by atoms with Gasteiger partial charge in [-0.25, -0.2) is 4.90 Å². The number of rotatable bonds is 6. The molecule has 0 saturated heterocycles. The number of imide groups is 1. The standard InChI is InChI=1S/C24H24N4O2S/c1-26(2)17-12-10-16(11-13-17)25-22-21(20-9-6-14-31-20)23(29)28(24(22)30)19-8-5-7-18(15-19)27(3)4/h5-15,25H,1-4H3. The van der Waals surface area contributed by atoms with E-state index in [-0.39, 0.29) is 11.8 Å². The van der Waals surface area contributed by atoms with Crippen molar-refractivity contribution in [3.63, 3.8) is 0 Å². The summed E-state index contributed by atoms with van der Waals surface area (Å²) in [4.78, 5) is 32.8. The van der Waals surface area contributed by atoms with Gasteiger partial charge >= 0.3 is 0 Å². The van der Waals surface area contributed by atoms with Gasteiger partial charge in [0.1, 0.15) is 5.70 Å². The van der Waals surface area contributed by atoms with Gasteiger partial charge in [-0.3, -0.25) is 9.59 Å². The second-order valence-electron chi connectivity index (χ2n) is 7.65. The third-order valence-electron chi connectivity index (χ3n) is 5.11. The molecule has 4 rings (SSSR count). The summed E-state index contributed by atoms with van der Waals surface area (Å²) >= 11 is 1.44. The Labute approximate surface area is 186 Å². The highest BCUT2D eigenvalue weighted by molar-refractivity contribution is 7.11. The summed E-state index contributed by atoms with van der Waals surface area (Å²) in [5, 5.41) is 5.11. The Bertz CT molecular complexity index is 1150. The quantitative estimate of drug-likeness (QED) is 0.590. The number of nitrogens with one attached hydrogen (secondary N) is 1. The average Bonchev–Trinajstić information content (AvgIpc) is 3.35. The molecule has 2 amide bonds. The van der Waals surface area contributed by atoms with Gasteiger partial charge in [-0.05, 0) is 53.9 Å². The Morgan fingerprint density at radius 1 is 0.806 bits per heavy atom. The number of carbonyl (C=O) groups is 2. The molecule has 6 nitrogen and oxygen atoms in total. The topological polar surface area (TPSA) is 55.9 Å². The first-order valence-corrected chi connectivity index (χ1v) is 10.7. The van der Waals surface area contributed by atoms with Crippen molar-refractivity contribution in [1.82, 2.24) is 0 Å². The van der Waals surface area contributed by atoms with Gasteiger partial charge in [0.05, 0.1) is 11.3 Å². The van der Waals surface area contributed by atoms with Crippen molar-refractivity contribution in [2.75, 3.05) is 48.2 Å². The van der Waals surface area contributed by atoms with Gasteiger partial charge in [-0.1, -0.05) is 12.1 Å². The van der Waals surface area contributed by atoms with E-state index in [1.54, 1.807) is 6.07 Å². The van der Waals surface area contributed by atoms with Crippen LogP contribution in [0.15, 0.2) is 71.7 Å². The first kappa shape index (κ1) is 20.7. The van der Waals surface area contributed by atoms with E-state index in [2.05, 4.69) is 5.32 Å². The zero-order chi connectivity index (χ0) is 22.1. The van der Waals surface area contributed by atoms with Crippen LogP contribution in [0.1, 0.15) is 4.88 Å². The summed E-state index contributed by atoms with van der Waals surface area (Å²) < 4.78 is 0. The highest BCUT2D eigenvalue weighted by Crippen LogP contribution is 2.36. The lowest BCUT2D eigenvalue weighted by molar-refractivity contribution is -0.120. The Kier molecular flexibility index (Phi) is 5.52. The number of nitrogens with zero attached hydrogens (tertiary/aromatic N) is 3. The first-order valence-electron chi connectivity index (χ1n) is 9.85. The molecule has 0 fully saturated rings. The summed E-state index contributed by atoms with van der Waals surface area (Å²) in [5.74, 6) is -0.684. The normalized spacial score (nSPS) is 13.7. The van der Waals surface area contributed by atoms with Gasteiger partial charge in [0, 0.05) is 50.1 Å². The van der Waals surface area contributed by atoms with Gasteiger partial charge in [0.25, 0.3) is 11.8 Å². The fraction of sp³-hybridized carbons (Fsp3) is 0.167. The van der Waals surface area contributed by atoms with Gasteiger partial charge in [-0.2, -0.15) is 0 Å². The van der Waals surface area contributed by atoms with Crippen LogP contribution in [0.25, 0.3) is 5.57 Å². The molecular formula is C24H24N4O2S. The molecule has 0 bridgehead atoms. The summed E-state index contributed by atoms with van der Waals surface area (Å²) in [6.45, 7) is 0. The molecule has 3 aromatic rings. The molecular weight excluding hydrogens is 408 g/mol. The average molecular weight is 433 g/mol. The minimum Gasteiger partial charge on any atom is -0.378 e. The molecule has 31 heavy (non-hydrogen) atoms. The SMILES string of the molecule is CN(C)c1ccc(NC2=C(c3cccs3)C(=O)N(c3cccc(N(C)C)c3)C2=O)cc1. The molecule has 0 unspecified atom stereocenters. The van der Waals surface area contributed by atoms with E-state index in [4.69, 9.17) is 0 Å². The van der Waals surface area contributed by atoms with Crippen LogP contribution in [0.3, 0.4) is 0 Å². The van der Waals surface area contributed by atoms with E-state index in [1.807, 2.05) is 98.0 Å².